The number of para-hydroxylation sites is 1. The standard InChI is InChI=1S/C18H15N5O2S/c1-11-16(17(24)23(22-11)12-6-4-3-5-7-12)20-21-18-19-14-9-8-13(25-2)10-15(14)26-18/h3-10,16H,1-2H3. The summed E-state index contributed by atoms with van der Waals surface area (Å²) >= 11 is 1.39. The zero-order valence-corrected chi connectivity index (χ0v) is 15.0. The van der Waals surface area contributed by atoms with Crippen LogP contribution in [0.4, 0.5) is 10.8 Å². The molecule has 0 fully saturated rings. The summed E-state index contributed by atoms with van der Waals surface area (Å²) in [6, 6.07) is 14.2. The number of nitrogens with zero attached hydrogens (tertiary/aromatic N) is 5. The average molecular weight is 365 g/mol. The SMILES string of the molecule is COc1ccc2nc(N=NC3C(=O)N(c4ccccc4)N=C3C)sc2c1. The van der Waals surface area contributed by atoms with Crippen molar-refractivity contribution in [2.45, 2.75) is 13.0 Å². The van der Waals surface area contributed by atoms with E-state index in [0.29, 0.717) is 16.5 Å². The van der Waals surface area contributed by atoms with Crippen molar-refractivity contribution in [1.82, 2.24) is 4.98 Å². The fraction of sp³-hybridized carbons (Fsp3) is 0.167. The second-order valence-corrected chi connectivity index (χ2v) is 6.68. The van der Waals surface area contributed by atoms with Crippen LogP contribution in [-0.2, 0) is 4.79 Å². The van der Waals surface area contributed by atoms with Crippen molar-refractivity contribution < 1.29 is 9.53 Å². The first-order valence-corrected chi connectivity index (χ1v) is 8.77. The van der Waals surface area contributed by atoms with E-state index in [1.165, 1.54) is 16.3 Å². The van der Waals surface area contributed by atoms with E-state index in [9.17, 15) is 4.79 Å². The minimum absolute atomic E-state index is 0.222. The summed E-state index contributed by atoms with van der Waals surface area (Å²) in [4.78, 5) is 17.0. The van der Waals surface area contributed by atoms with Gasteiger partial charge in [0, 0.05) is 0 Å². The van der Waals surface area contributed by atoms with Crippen molar-refractivity contribution in [3.8, 4) is 5.75 Å². The Hall–Kier alpha value is -3.13. The third-order valence-corrected chi connectivity index (χ3v) is 4.84. The number of hydrazone groups is 1. The summed E-state index contributed by atoms with van der Waals surface area (Å²) in [5.41, 5.74) is 2.13. The first-order chi connectivity index (χ1) is 12.7. The average Bonchev–Trinajstić information content (AvgIpc) is 3.20. The van der Waals surface area contributed by atoms with Crippen molar-refractivity contribution in [2.24, 2.45) is 15.3 Å². The molecular formula is C18H15N5O2S. The second-order valence-electron chi connectivity index (χ2n) is 5.68. The number of fused-ring (bicyclic) bond motifs is 1. The van der Waals surface area contributed by atoms with Gasteiger partial charge in [-0.2, -0.15) is 15.2 Å². The summed E-state index contributed by atoms with van der Waals surface area (Å²) in [6.07, 6.45) is 0. The summed E-state index contributed by atoms with van der Waals surface area (Å²) in [5.74, 6) is 0.539. The zero-order chi connectivity index (χ0) is 18.1. The van der Waals surface area contributed by atoms with Gasteiger partial charge in [0.1, 0.15) is 5.75 Å². The Kier molecular flexibility index (Phi) is 4.18. The Labute approximate surface area is 153 Å². The molecule has 0 spiro atoms. The number of carbonyl (C=O) groups excluding carboxylic acids is 1. The molecule has 0 saturated carbocycles. The number of amides is 1. The molecule has 7 nitrogen and oxygen atoms in total. The molecule has 1 atom stereocenters. The molecule has 130 valence electrons. The topological polar surface area (TPSA) is 79.5 Å². The van der Waals surface area contributed by atoms with Crippen molar-refractivity contribution >= 4 is 44.0 Å². The van der Waals surface area contributed by atoms with Crippen LogP contribution in [0.1, 0.15) is 6.92 Å². The second kappa shape index (κ2) is 6.64. The third-order valence-electron chi connectivity index (χ3n) is 3.94. The van der Waals surface area contributed by atoms with E-state index in [1.54, 1.807) is 14.0 Å². The molecule has 1 aromatic heterocycles. The minimum Gasteiger partial charge on any atom is -0.497 e. The molecule has 26 heavy (non-hydrogen) atoms. The molecule has 4 rings (SSSR count). The van der Waals surface area contributed by atoms with E-state index < -0.39 is 6.04 Å². The molecule has 1 amide bonds. The van der Waals surface area contributed by atoms with Crippen LogP contribution in [-0.4, -0.2) is 29.8 Å². The van der Waals surface area contributed by atoms with E-state index in [0.717, 1.165) is 16.0 Å². The number of azo groups is 1. The number of carbonyl (C=O) groups is 1. The molecule has 1 unspecified atom stereocenters. The van der Waals surface area contributed by atoms with Crippen molar-refractivity contribution in [3.05, 3.63) is 48.5 Å². The monoisotopic (exact) mass is 365 g/mol. The zero-order valence-electron chi connectivity index (χ0n) is 14.2. The van der Waals surface area contributed by atoms with Crippen molar-refractivity contribution in [2.75, 3.05) is 12.1 Å². The molecule has 8 heteroatoms. The number of rotatable bonds is 4. The van der Waals surface area contributed by atoms with Crippen LogP contribution in [0, 0.1) is 0 Å². The maximum absolute atomic E-state index is 12.6. The highest BCUT2D eigenvalue weighted by Gasteiger charge is 2.34. The van der Waals surface area contributed by atoms with Crippen LogP contribution < -0.4 is 9.75 Å². The highest BCUT2D eigenvalue weighted by atomic mass is 32.1. The number of hydrogen-bond acceptors (Lipinski definition) is 7. The van der Waals surface area contributed by atoms with Gasteiger partial charge in [-0.3, -0.25) is 4.79 Å². The minimum atomic E-state index is -0.725. The molecule has 2 aromatic carbocycles. The molecule has 0 saturated heterocycles. The van der Waals surface area contributed by atoms with Gasteiger partial charge in [0.25, 0.3) is 5.91 Å². The smallest absolute Gasteiger partial charge is 0.280 e. The molecule has 0 bridgehead atoms. The predicted octanol–water partition coefficient (Wildman–Crippen LogP) is 4.18. The lowest BCUT2D eigenvalue weighted by atomic mass is 10.2. The molecule has 1 aliphatic heterocycles. The maximum atomic E-state index is 12.6. The Balaban J connectivity index is 1.57. The van der Waals surface area contributed by atoms with Crippen LogP contribution in [0.15, 0.2) is 63.9 Å². The summed E-state index contributed by atoms with van der Waals surface area (Å²) in [6.45, 7) is 1.77. The summed E-state index contributed by atoms with van der Waals surface area (Å²) in [7, 11) is 1.62. The number of hydrogen-bond donors (Lipinski definition) is 0. The molecule has 3 aromatic rings. The van der Waals surface area contributed by atoms with Gasteiger partial charge in [-0.05, 0) is 37.3 Å². The maximum Gasteiger partial charge on any atom is 0.280 e. The molecular weight excluding hydrogens is 350 g/mol. The highest BCUT2D eigenvalue weighted by molar-refractivity contribution is 7.21. The Morgan fingerprint density at radius 2 is 2.00 bits per heavy atom. The number of aromatic nitrogens is 1. The lowest BCUT2D eigenvalue weighted by molar-refractivity contribution is -0.117. The van der Waals surface area contributed by atoms with E-state index in [1.807, 2.05) is 48.5 Å². The van der Waals surface area contributed by atoms with Gasteiger partial charge in [0.05, 0.1) is 28.7 Å². The van der Waals surface area contributed by atoms with Gasteiger partial charge >= 0.3 is 0 Å². The first-order valence-electron chi connectivity index (χ1n) is 7.95. The number of thiazole rings is 1. The number of benzene rings is 2. The quantitative estimate of drug-likeness (QED) is 0.651. The molecule has 1 aliphatic rings. The highest BCUT2D eigenvalue weighted by Crippen LogP contribution is 2.31. The van der Waals surface area contributed by atoms with E-state index in [-0.39, 0.29) is 5.91 Å². The summed E-state index contributed by atoms with van der Waals surface area (Å²) in [5, 5.41) is 14.5. The van der Waals surface area contributed by atoms with Crippen LogP contribution in [0.5, 0.6) is 5.75 Å². The Morgan fingerprint density at radius 3 is 2.77 bits per heavy atom. The van der Waals surface area contributed by atoms with Gasteiger partial charge in [-0.15, -0.1) is 5.11 Å². The van der Waals surface area contributed by atoms with Crippen LogP contribution in [0.2, 0.25) is 0 Å². The first kappa shape index (κ1) is 16.3. The Morgan fingerprint density at radius 1 is 1.19 bits per heavy atom. The van der Waals surface area contributed by atoms with Gasteiger partial charge in [0.15, 0.2) is 6.04 Å². The van der Waals surface area contributed by atoms with Crippen LogP contribution in [0.25, 0.3) is 10.2 Å². The molecule has 0 radical (unpaired) electrons. The fourth-order valence-electron chi connectivity index (χ4n) is 2.61. The molecule has 0 N–H and O–H groups in total. The lowest BCUT2D eigenvalue weighted by Crippen LogP contribution is -2.29. The molecule has 0 aliphatic carbocycles. The van der Waals surface area contributed by atoms with Gasteiger partial charge in [0.2, 0.25) is 5.13 Å². The normalized spacial score (nSPS) is 17.3. The fourth-order valence-corrected chi connectivity index (χ4v) is 3.43. The number of methoxy groups -OCH3 is 1. The number of anilines is 1. The predicted molar refractivity (Wildman–Crippen MR) is 102 cm³/mol. The van der Waals surface area contributed by atoms with Gasteiger partial charge in [-0.25, -0.2) is 4.98 Å². The summed E-state index contributed by atoms with van der Waals surface area (Å²) < 4.78 is 6.16. The van der Waals surface area contributed by atoms with E-state index in [4.69, 9.17) is 4.74 Å². The van der Waals surface area contributed by atoms with Crippen LogP contribution >= 0.6 is 11.3 Å². The van der Waals surface area contributed by atoms with Crippen molar-refractivity contribution in [1.29, 1.82) is 0 Å². The lowest BCUT2D eigenvalue weighted by Gasteiger charge is -2.11. The third kappa shape index (κ3) is 2.95. The Bertz CT molecular complexity index is 1030. The molecule has 2 heterocycles. The number of ether oxygens (including phenoxy) is 1. The largest absolute Gasteiger partial charge is 0.497 e. The van der Waals surface area contributed by atoms with Crippen molar-refractivity contribution in [3.63, 3.8) is 0 Å². The van der Waals surface area contributed by atoms with Crippen LogP contribution in [0.3, 0.4) is 0 Å². The van der Waals surface area contributed by atoms with Gasteiger partial charge < -0.3 is 4.74 Å². The van der Waals surface area contributed by atoms with Gasteiger partial charge in [-0.1, -0.05) is 29.5 Å². The van der Waals surface area contributed by atoms with E-state index in [2.05, 4.69) is 20.3 Å². The van der Waals surface area contributed by atoms with E-state index >= 15 is 0 Å².